The number of hydrogen-bond acceptors (Lipinski definition) is 6. The van der Waals surface area contributed by atoms with E-state index in [1.54, 1.807) is 18.3 Å². The molecule has 3 N–H and O–H groups in total. The smallest absolute Gasteiger partial charge is 0.159 e. The van der Waals surface area contributed by atoms with E-state index in [1.807, 2.05) is 48.9 Å². The first-order valence-electron chi connectivity index (χ1n) is 12.9. The molecule has 0 spiro atoms. The Balaban J connectivity index is 1.20. The van der Waals surface area contributed by atoms with Crippen LogP contribution in [0.3, 0.4) is 0 Å². The lowest BCUT2D eigenvalue weighted by atomic mass is 10.1. The third-order valence-corrected chi connectivity index (χ3v) is 6.79. The second-order valence-electron chi connectivity index (χ2n) is 9.51. The third kappa shape index (κ3) is 4.59. The molecule has 0 aliphatic rings. The van der Waals surface area contributed by atoms with E-state index in [4.69, 9.17) is 4.98 Å². The molecule has 0 radical (unpaired) electrons. The van der Waals surface area contributed by atoms with Crippen LogP contribution in [0.4, 0.5) is 4.39 Å². The average molecular weight is 527 g/mol. The fourth-order valence-electron chi connectivity index (χ4n) is 4.80. The van der Waals surface area contributed by atoms with E-state index in [0.717, 1.165) is 39.7 Å². The normalized spacial score (nSPS) is 11.4. The molecule has 0 aliphatic heterocycles. The van der Waals surface area contributed by atoms with Crippen LogP contribution >= 0.6 is 0 Å². The van der Waals surface area contributed by atoms with Crippen LogP contribution in [0.1, 0.15) is 11.1 Å². The van der Waals surface area contributed by atoms with Gasteiger partial charge in [0.15, 0.2) is 11.5 Å². The molecule has 9 heteroatoms. The highest BCUT2D eigenvalue weighted by Crippen LogP contribution is 2.31. The van der Waals surface area contributed by atoms with Gasteiger partial charge in [-0.25, -0.2) is 14.4 Å². The van der Waals surface area contributed by atoms with Gasteiger partial charge in [-0.3, -0.25) is 15.1 Å². The average Bonchev–Trinajstić information content (AvgIpc) is 3.62. The molecule has 0 atom stereocenters. The highest BCUT2D eigenvalue weighted by atomic mass is 19.1. The summed E-state index contributed by atoms with van der Waals surface area (Å²) in [7, 11) is 0. The van der Waals surface area contributed by atoms with Crippen molar-refractivity contribution >= 4 is 22.1 Å². The summed E-state index contributed by atoms with van der Waals surface area (Å²) in [5, 5.41) is 11.8. The lowest BCUT2D eigenvalue weighted by Gasteiger charge is -2.07. The lowest BCUT2D eigenvalue weighted by molar-refractivity contribution is 0.628. The highest BCUT2D eigenvalue weighted by Gasteiger charge is 2.17. The predicted octanol–water partition coefficient (Wildman–Crippen LogP) is 6.05. The maximum absolute atomic E-state index is 13.5. The van der Waals surface area contributed by atoms with Crippen LogP contribution in [-0.4, -0.2) is 35.1 Å². The fraction of sp³-hybridized carbons (Fsp3) is 0.0645. The van der Waals surface area contributed by atoms with Crippen molar-refractivity contribution in [3.8, 4) is 33.9 Å². The molecule has 5 heterocycles. The molecule has 0 saturated carbocycles. The van der Waals surface area contributed by atoms with Gasteiger partial charge in [-0.15, -0.1) is 0 Å². The van der Waals surface area contributed by atoms with Crippen molar-refractivity contribution in [1.29, 1.82) is 0 Å². The van der Waals surface area contributed by atoms with Gasteiger partial charge in [0, 0.05) is 54.6 Å². The Hall–Kier alpha value is -5.28. The van der Waals surface area contributed by atoms with Gasteiger partial charge < -0.3 is 10.3 Å². The van der Waals surface area contributed by atoms with Crippen molar-refractivity contribution in [2.45, 2.75) is 13.1 Å². The van der Waals surface area contributed by atoms with Gasteiger partial charge in [-0.05, 0) is 53.6 Å². The molecular formula is C31H23FN8. The van der Waals surface area contributed by atoms with Crippen LogP contribution in [0.2, 0.25) is 0 Å². The number of H-pyrrole nitrogens is 2. The van der Waals surface area contributed by atoms with E-state index in [0.29, 0.717) is 34.9 Å². The number of rotatable bonds is 7. The zero-order chi connectivity index (χ0) is 26.9. The SMILES string of the molecule is Fc1ccc(-c2nccc3[nH]c(-c4n[nH]c5ncc(-c6cncc(CNCc7ccccc7)c6)cc45)nc23)cc1. The van der Waals surface area contributed by atoms with E-state index in [-0.39, 0.29) is 5.82 Å². The Bertz CT molecular complexity index is 1940. The van der Waals surface area contributed by atoms with E-state index < -0.39 is 0 Å². The minimum atomic E-state index is -0.297. The van der Waals surface area contributed by atoms with Gasteiger partial charge in [-0.1, -0.05) is 30.3 Å². The maximum Gasteiger partial charge on any atom is 0.159 e. The number of aromatic amines is 2. The van der Waals surface area contributed by atoms with Gasteiger partial charge in [-0.2, -0.15) is 5.10 Å². The molecule has 40 heavy (non-hydrogen) atoms. The van der Waals surface area contributed by atoms with Gasteiger partial charge in [0.2, 0.25) is 0 Å². The number of benzene rings is 2. The molecule has 0 amide bonds. The third-order valence-electron chi connectivity index (χ3n) is 6.79. The van der Waals surface area contributed by atoms with Crippen molar-refractivity contribution in [2.24, 2.45) is 0 Å². The van der Waals surface area contributed by atoms with Crippen LogP contribution in [0, 0.1) is 5.82 Å². The van der Waals surface area contributed by atoms with Crippen LogP contribution < -0.4 is 5.32 Å². The molecule has 0 bridgehead atoms. The van der Waals surface area contributed by atoms with Gasteiger partial charge >= 0.3 is 0 Å². The Labute approximate surface area is 228 Å². The van der Waals surface area contributed by atoms with Crippen LogP contribution in [0.25, 0.3) is 56.0 Å². The lowest BCUT2D eigenvalue weighted by Crippen LogP contribution is -2.12. The summed E-state index contributed by atoms with van der Waals surface area (Å²) in [6.45, 7) is 1.48. The first-order valence-corrected chi connectivity index (χ1v) is 12.9. The Morgan fingerprint density at radius 3 is 2.45 bits per heavy atom. The molecule has 5 aromatic heterocycles. The van der Waals surface area contributed by atoms with Crippen molar-refractivity contribution in [2.75, 3.05) is 0 Å². The van der Waals surface area contributed by atoms with Gasteiger partial charge in [0.1, 0.15) is 17.0 Å². The zero-order valence-corrected chi connectivity index (χ0v) is 21.3. The monoisotopic (exact) mass is 526 g/mol. The summed E-state index contributed by atoms with van der Waals surface area (Å²) in [6, 6.07) is 22.6. The maximum atomic E-state index is 13.5. The molecule has 7 aromatic rings. The summed E-state index contributed by atoms with van der Waals surface area (Å²) in [4.78, 5) is 21.8. The number of nitrogens with zero attached hydrogens (tertiary/aromatic N) is 5. The predicted molar refractivity (Wildman–Crippen MR) is 152 cm³/mol. The fourth-order valence-corrected chi connectivity index (χ4v) is 4.80. The van der Waals surface area contributed by atoms with Crippen molar-refractivity contribution in [3.63, 3.8) is 0 Å². The van der Waals surface area contributed by atoms with Crippen molar-refractivity contribution in [3.05, 3.63) is 115 Å². The summed E-state index contributed by atoms with van der Waals surface area (Å²) in [5.74, 6) is 0.294. The number of fused-ring (bicyclic) bond motifs is 2. The first kappa shape index (κ1) is 23.8. The molecule has 0 aliphatic carbocycles. The quantitative estimate of drug-likeness (QED) is 0.233. The number of imidazole rings is 1. The summed E-state index contributed by atoms with van der Waals surface area (Å²) >= 11 is 0. The molecule has 7 rings (SSSR count). The molecule has 0 unspecified atom stereocenters. The molecule has 0 saturated heterocycles. The zero-order valence-electron chi connectivity index (χ0n) is 21.3. The molecule has 0 fully saturated rings. The number of nitrogens with one attached hydrogen (secondary N) is 3. The Morgan fingerprint density at radius 1 is 0.750 bits per heavy atom. The van der Waals surface area contributed by atoms with Gasteiger partial charge in [0.25, 0.3) is 0 Å². The Morgan fingerprint density at radius 2 is 1.57 bits per heavy atom. The minimum absolute atomic E-state index is 0.297. The summed E-state index contributed by atoms with van der Waals surface area (Å²) < 4.78 is 13.5. The molecule has 8 nitrogen and oxygen atoms in total. The van der Waals surface area contributed by atoms with Crippen LogP contribution in [-0.2, 0) is 13.1 Å². The number of pyridine rings is 3. The van der Waals surface area contributed by atoms with Crippen molar-refractivity contribution < 1.29 is 4.39 Å². The van der Waals surface area contributed by atoms with Crippen LogP contribution in [0.5, 0.6) is 0 Å². The molecular weight excluding hydrogens is 503 g/mol. The topological polar surface area (TPSA) is 108 Å². The van der Waals surface area contributed by atoms with E-state index in [2.05, 4.69) is 53.6 Å². The number of halogens is 1. The summed E-state index contributed by atoms with van der Waals surface area (Å²) in [5.41, 5.74) is 8.47. The minimum Gasteiger partial charge on any atom is -0.336 e. The highest BCUT2D eigenvalue weighted by molar-refractivity contribution is 5.96. The summed E-state index contributed by atoms with van der Waals surface area (Å²) in [6.07, 6.45) is 7.24. The van der Waals surface area contributed by atoms with Gasteiger partial charge in [0.05, 0.1) is 16.6 Å². The first-order chi connectivity index (χ1) is 19.7. The Kier molecular flexibility index (Phi) is 6.02. The largest absolute Gasteiger partial charge is 0.336 e. The van der Waals surface area contributed by atoms with Crippen LogP contribution in [0.15, 0.2) is 97.6 Å². The second-order valence-corrected chi connectivity index (χ2v) is 9.51. The van der Waals surface area contributed by atoms with E-state index in [9.17, 15) is 4.39 Å². The molecule has 2 aromatic carbocycles. The number of hydrogen-bond donors (Lipinski definition) is 3. The number of aromatic nitrogens is 7. The second kappa shape index (κ2) is 10.1. The molecule has 194 valence electrons. The van der Waals surface area contributed by atoms with Crippen molar-refractivity contribution in [1.82, 2.24) is 40.4 Å². The van der Waals surface area contributed by atoms with E-state index in [1.165, 1.54) is 17.7 Å². The standard InChI is InChI=1S/C31H23FN8/c32-24-8-6-21(7-9-24)27-29-26(10-11-35-27)37-31(38-29)28-25-13-23(18-36-30(25)40-39-28)22-12-20(16-34-17-22)15-33-14-19-4-2-1-3-5-19/h1-13,16-18,33H,14-15H2,(H,37,38)(H,36,39,40). The van der Waals surface area contributed by atoms with E-state index >= 15 is 0 Å².